The molecule has 132 valence electrons. The van der Waals surface area contributed by atoms with Crippen LogP contribution in [0.3, 0.4) is 0 Å². The van der Waals surface area contributed by atoms with E-state index >= 15 is 0 Å². The Bertz CT molecular complexity index is 1060. The molecule has 0 saturated carbocycles. The summed E-state index contributed by atoms with van der Waals surface area (Å²) in [5.41, 5.74) is 3.67. The van der Waals surface area contributed by atoms with Gasteiger partial charge in [0.25, 0.3) is 5.91 Å². The molecule has 0 atom stereocenters. The van der Waals surface area contributed by atoms with E-state index in [0.717, 1.165) is 37.4 Å². The van der Waals surface area contributed by atoms with Crippen molar-refractivity contribution in [3.63, 3.8) is 0 Å². The van der Waals surface area contributed by atoms with Gasteiger partial charge in [-0.3, -0.25) is 4.79 Å². The van der Waals surface area contributed by atoms with Gasteiger partial charge < -0.3 is 15.1 Å². The molecule has 5 nitrogen and oxygen atoms in total. The molecule has 0 spiro atoms. The van der Waals surface area contributed by atoms with Crippen LogP contribution in [0, 0.1) is 13.8 Å². The Morgan fingerprint density at radius 1 is 1.12 bits per heavy atom. The highest BCUT2D eigenvalue weighted by molar-refractivity contribution is 7.22. The van der Waals surface area contributed by atoms with Crippen LogP contribution in [-0.2, 0) is 0 Å². The zero-order valence-corrected chi connectivity index (χ0v) is 15.4. The Morgan fingerprint density at radius 3 is 2.77 bits per heavy atom. The maximum atomic E-state index is 12.5. The van der Waals surface area contributed by atoms with Crippen molar-refractivity contribution >= 4 is 43.6 Å². The number of aromatic nitrogens is 1. The van der Waals surface area contributed by atoms with Crippen LogP contribution in [0.5, 0.6) is 0 Å². The molecule has 2 N–H and O–H groups in total. The smallest absolute Gasteiger partial charge is 0.287 e. The van der Waals surface area contributed by atoms with E-state index in [-0.39, 0.29) is 5.91 Å². The van der Waals surface area contributed by atoms with E-state index in [1.807, 2.05) is 56.3 Å². The van der Waals surface area contributed by atoms with Gasteiger partial charge in [-0.1, -0.05) is 41.7 Å². The number of carbonyl (C=O) groups is 1. The van der Waals surface area contributed by atoms with Crippen molar-refractivity contribution in [3.05, 3.63) is 59.4 Å². The van der Waals surface area contributed by atoms with Gasteiger partial charge in [0.1, 0.15) is 5.58 Å². The summed E-state index contributed by atoms with van der Waals surface area (Å²) >= 11 is 1.61. The van der Waals surface area contributed by atoms with Crippen molar-refractivity contribution in [1.29, 1.82) is 0 Å². The Morgan fingerprint density at radius 2 is 1.96 bits per heavy atom. The Hall–Kier alpha value is -2.86. The molecule has 6 heteroatoms. The monoisotopic (exact) mass is 365 g/mol. The first-order valence-corrected chi connectivity index (χ1v) is 9.31. The summed E-state index contributed by atoms with van der Waals surface area (Å²) in [6.07, 6.45) is 0. The number of nitrogens with zero attached hydrogens (tertiary/aromatic N) is 1. The van der Waals surface area contributed by atoms with Crippen LogP contribution in [0.2, 0.25) is 0 Å². The van der Waals surface area contributed by atoms with Crippen molar-refractivity contribution in [1.82, 2.24) is 10.3 Å². The third-order valence-electron chi connectivity index (χ3n) is 4.35. The zero-order chi connectivity index (χ0) is 18.1. The Balaban J connectivity index is 1.38. The van der Waals surface area contributed by atoms with Crippen molar-refractivity contribution in [3.8, 4) is 0 Å². The van der Waals surface area contributed by atoms with Gasteiger partial charge in [0, 0.05) is 24.0 Å². The van der Waals surface area contributed by atoms with Crippen LogP contribution < -0.4 is 10.6 Å². The number of thiazole rings is 1. The van der Waals surface area contributed by atoms with E-state index < -0.39 is 0 Å². The van der Waals surface area contributed by atoms with E-state index in [9.17, 15) is 4.79 Å². The van der Waals surface area contributed by atoms with Gasteiger partial charge in [0.2, 0.25) is 0 Å². The molecule has 4 aromatic rings. The summed E-state index contributed by atoms with van der Waals surface area (Å²) < 4.78 is 6.95. The van der Waals surface area contributed by atoms with Crippen LogP contribution in [0.1, 0.15) is 21.7 Å². The third kappa shape index (κ3) is 3.04. The first-order chi connectivity index (χ1) is 12.6. The molecule has 2 heterocycles. The normalized spacial score (nSPS) is 11.2. The van der Waals surface area contributed by atoms with Crippen molar-refractivity contribution in [2.24, 2.45) is 0 Å². The molecule has 2 aromatic carbocycles. The van der Waals surface area contributed by atoms with E-state index in [4.69, 9.17) is 4.42 Å². The van der Waals surface area contributed by atoms with Gasteiger partial charge >= 0.3 is 0 Å². The van der Waals surface area contributed by atoms with Crippen molar-refractivity contribution < 1.29 is 9.21 Å². The highest BCUT2D eigenvalue weighted by Crippen LogP contribution is 2.27. The number of aryl methyl sites for hydroxylation is 2. The molecule has 2 aromatic heterocycles. The third-order valence-corrected chi connectivity index (χ3v) is 5.34. The van der Waals surface area contributed by atoms with Gasteiger partial charge in [-0.15, -0.1) is 0 Å². The number of anilines is 1. The fourth-order valence-electron chi connectivity index (χ4n) is 2.97. The molecule has 0 bridgehead atoms. The average Bonchev–Trinajstić information content (AvgIpc) is 3.20. The second kappa shape index (κ2) is 6.80. The molecule has 1 amide bonds. The summed E-state index contributed by atoms with van der Waals surface area (Å²) in [7, 11) is 0. The fraction of sp³-hybridized carbons (Fsp3) is 0.200. The van der Waals surface area contributed by atoms with E-state index in [1.54, 1.807) is 11.3 Å². The molecular weight excluding hydrogens is 346 g/mol. The summed E-state index contributed by atoms with van der Waals surface area (Å²) in [5, 5.41) is 8.01. The molecule has 0 radical (unpaired) electrons. The SMILES string of the molecule is Cc1c(C(=O)NCCNc2nc3ccccc3s2)oc2c(C)cccc12. The topological polar surface area (TPSA) is 67.2 Å². The Kier molecular flexibility index (Phi) is 4.34. The number of carbonyl (C=O) groups excluding carboxylic acids is 1. The quantitative estimate of drug-likeness (QED) is 0.511. The van der Waals surface area contributed by atoms with Gasteiger partial charge in [-0.05, 0) is 31.5 Å². The molecule has 0 fully saturated rings. The van der Waals surface area contributed by atoms with Gasteiger partial charge in [0.05, 0.1) is 10.2 Å². The second-order valence-corrected chi connectivity index (χ2v) is 7.21. The van der Waals surface area contributed by atoms with Gasteiger partial charge in [-0.25, -0.2) is 4.98 Å². The lowest BCUT2D eigenvalue weighted by Gasteiger charge is -2.04. The molecule has 4 rings (SSSR count). The van der Waals surface area contributed by atoms with Crippen LogP contribution in [0.25, 0.3) is 21.2 Å². The number of para-hydroxylation sites is 2. The number of furan rings is 1. The number of amides is 1. The van der Waals surface area contributed by atoms with Crippen molar-refractivity contribution in [2.75, 3.05) is 18.4 Å². The summed E-state index contributed by atoms with van der Waals surface area (Å²) in [6, 6.07) is 14.0. The summed E-state index contributed by atoms with van der Waals surface area (Å²) in [6.45, 7) is 4.99. The van der Waals surface area contributed by atoms with Crippen LogP contribution in [0.15, 0.2) is 46.9 Å². The maximum Gasteiger partial charge on any atom is 0.287 e. The predicted octanol–water partition coefficient (Wildman–Crippen LogP) is 4.50. The first-order valence-electron chi connectivity index (χ1n) is 8.50. The molecule has 26 heavy (non-hydrogen) atoms. The summed E-state index contributed by atoms with van der Waals surface area (Å²) in [4.78, 5) is 17.0. The number of hydrogen-bond donors (Lipinski definition) is 2. The Labute approximate surface area is 155 Å². The minimum Gasteiger partial charge on any atom is -0.450 e. The number of nitrogens with one attached hydrogen (secondary N) is 2. The highest BCUT2D eigenvalue weighted by atomic mass is 32.1. The van der Waals surface area contributed by atoms with E-state index in [2.05, 4.69) is 15.6 Å². The molecular formula is C20H19N3O2S. The number of hydrogen-bond acceptors (Lipinski definition) is 5. The highest BCUT2D eigenvalue weighted by Gasteiger charge is 2.18. The van der Waals surface area contributed by atoms with Crippen LogP contribution >= 0.6 is 11.3 Å². The first kappa shape index (κ1) is 16.6. The molecule has 0 aliphatic carbocycles. The average molecular weight is 365 g/mol. The van der Waals surface area contributed by atoms with Crippen molar-refractivity contribution in [2.45, 2.75) is 13.8 Å². The minimum atomic E-state index is -0.191. The van der Waals surface area contributed by atoms with E-state index in [0.29, 0.717) is 18.8 Å². The number of fused-ring (bicyclic) bond motifs is 2. The number of benzene rings is 2. The van der Waals surface area contributed by atoms with Crippen LogP contribution in [-0.4, -0.2) is 24.0 Å². The van der Waals surface area contributed by atoms with Gasteiger partial charge in [0.15, 0.2) is 10.9 Å². The lowest BCUT2D eigenvalue weighted by molar-refractivity contribution is 0.0929. The fourth-order valence-corrected chi connectivity index (χ4v) is 3.87. The largest absolute Gasteiger partial charge is 0.450 e. The molecule has 0 aliphatic heterocycles. The molecule has 0 aliphatic rings. The lowest BCUT2D eigenvalue weighted by Crippen LogP contribution is -2.28. The number of rotatable bonds is 5. The molecule has 0 saturated heterocycles. The van der Waals surface area contributed by atoms with Crippen LogP contribution in [0.4, 0.5) is 5.13 Å². The van der Waals surface area contributed by atoms with E-state index in [1.165, 1.54) is 0 Å². The maximum absolute atomic E-state index is 12.5. The zero-order valence-electron chi connectivity index (χ0n) is 14.6. The van der Waals surface area contributed by atoms with Gasteiger partial charge in [-0.2, -0.15) is 0 Å². The second-order valence-electron chi connectivity index (χ2n) is 6.18. The standard InChI is InChI=1S/C20H19N3O2S/c1-12-6-5-7-14-13(2)18(25-17(12)14)19(24)21-10-11-22-20-23-15-8-3-4-9-16(15)26-20/h3-9H,10-11H2,1-2H3,(H,21,24)(H,22,23). The minimum absolute atomic E-state index is 0.191. The predicted molar refractivity (Wildman–Crippen MR) is 106 cm³/mol. The summed E-state index contributed by atoms with van der Waals surface area (Å²) in [5.74, 6) is 0.193. The lowest BCUT2D eigenvalue weighted by atomic mass is 10.1. The molecule has 0 unspecified atom stereocenters.